The SMILES string of the molecule is NC(=O)NC(=O)CSCc1c(Cl)cccc1Cl. The number of thioether (sulfide) groups is 1. The number of amides is 3. The summed E-state index contributed by atoms with van der Waals surface area (Å²) < 4.78 is 0. The largest absolute Gasteiger partial charge is 0.351 e. The summed E-state index contributed by atoms with van der Waals surface area (Å²) in [6.07, 6.45) is 0. The maximum atomic E-state index is 11.1. The minimum atomic E-state index is -0.855. The van der Waals surface area contributed by atoms with Crippen LogP contribution in [0.5, 0.6) is 0 Å². The van der Waals surface area contributed by atoms with E-state index in [-0.39, 0.29) is 5.75 Å². The van der Waals surface area contributed by atoms with Gasteiger partial charge in [0.25, 0.3) is 0 Å². The molecule has 17 heavy (non-hydrogen) atoms. The van der Waals surface area contributed by atoms with Crippen LogP contribution in [0, 0.1) is 0 Å². The van der Waals surface area contributed by atoms with Crippen molar-refractivity contribution in [2.24, 2.45) is 5.73 Å². The van der Waals surface area contributed by atoms with Crippen molar-refractivity contribution < 1.29 is 9.59 Å². The van der Waals surface area contributed by atoms with Gasteiger partial charge in [0.05, 0.1) is 5.75 Å². The molecule has 0 saturated heterocycles. The van der Waals surface area contributed by atoms with Gasteiger partial charge in [0.2, 0.25) is 5.91 Å². The zero-order valence-electron chi connectivity index (χ0n) is 8.70. The van der Waals surface area contributed by atoms with Crippen LogP contribution in [0.4, 0.5) is 4.79 Å². The average Bonchev–Trinajstić information content (AvgIpc) is 2.21. The number of imide groups is 1. The standard InChI is InChI=1S/C10H10Cl2N2O2S/c11-7-2-1-3-8(12)6(7)4-17-5-9(15)14-10(13)16/h1-3H,4-5H2,(H3,13,14,15,16). The summed E-state index contributed by atoms with van der Waals surface area (Å²) in [6.45, 7) is 0. The number of halogens is 2. The lowest BCUT2D eigenvalue weighted by atomic mass is 10.2. The summed E-state index contributed by atoms with van der Waals surface area (Å²) in [6, 6.07) is 4.35. The molecule has 0 heterocycles. The molecule has 4 nitrogen and oxygen atoms in total. The molecule has 3 N–H and O–H groups in total. The average molecular weight is 293 g/mol. The van der Waals surface area contributed by atoms with Gasteiger partial charge in [0, 0.05) is 15.8 Å². The fourth-order valence-electron chi connectivity index (χ4n) is 1.09. The van der Waals surface area contributed by atoms with E-state index < -0.39 is 11.9 Å². The minimum Gasteiger partial charge on any atom is -0.351 e. The van der Waals surface area contributed by atoms with E-state index in [1.165, 1.54) is 11.8 Å². The molecule has 0 unspecified atom stereocenters. The van der Waals surface area contributed by atoms with Gasteiger partial charge in [-0.15, -0.1) is 11.8 Å². The van der Waals surface area contributed by atoms with Gasteiger partial charge in [-0.25, -0.2) is 4.79 Å². The highest BCUT2D eigenvalue weighted by atomic mass is 35.5. The van der Waals surface area contributed by atoms with Gasteiger partial charge in [-0.2, -0.15) is 0 Å². The topological polar surface area (TPSA) is 72.2 Å². The lowest BCUT2D eigenvalue weighted by Gasteiger charge is -2.06. The number of nitrogens with two attached hydrogens (primary N) is 1. The number of benzene rings is 1. The van der Waals surface area contributed by atoms with Crippen molar-refractivity contribution in [3.05, 3.63) is 33.8 Å². The van der Waals surface area contributed by atoms with Crippen molar-refractivity contribution >= 4 is 46.9 Å². The van der Waals surface area contributed by atoms with Crippen LogP contribution in [-0.4, -0.2) is 17.7 Å². The highest BCUT2D eigenvalue weighted by Gasteiger charge is 2.08. The monoisotopic (exact) mass is 292 g/mol. The molecule has 92 valence electrons. The third-order valence-electron chi connectivity index (χ3n) is 1.80. The maximum Gasteiger partial charge on any atom is 0.318 e. The van der Waals surface area contributed by atoms with Crippen LogP contribution in [0.1, 0.15) is 5.56 Å². The van der Waals surface area contributed by atoms with Crippen LogP contribution < -0.4 is 11.1 Å². The smallest absolute Gasteiger partial charge is 0.318 e. The van der Waals surface area contributed by atoms with Crippen molar-refractivity contribution in [1.82, 2.24) is 5.32 Å². The van der Waals surface area contributed by atoms with Crippen molar-refractivity contribution in [1.29, 1.82) is 0 Å². The van der Waals surface area contributed by atoms with E-state index in [1.54, 1.807) is 18.2 Å². The van der Waals surface area contributed by atoms with Crippen molar-refractivity contribution in [2.45, 2.75) is 5.75 Å². The summed E-state index contributed by atoms with van der Waals surface area (Å²) in [5.74, 6) is 0.167. The quantitative estimate of drug-likeness (QED) is 0.895. The van der Waals surface area contributed by atoms with Crippen LogP contribution in [0.2, 0.25) is 10.0 Å². The highest BCUT2D eigenvalue weighted by molar-refractivity contribution is 7.99. The number of nitrogens with one attached hydrogen (secondary N) is 1. The lowest BCUT2D eigenvalue weighted by Crippen LogP contribution is -2.36. The zero-order valence-corrected chi connectivity index (χ0v) is 11.0. The van der Waals surface area contributed by atoms with Gasteiger partial charge in [-0.05, 0) is 17.7 Å². The first-order chi connectivity index (χ1) is 8.00. The van der Waals surface area contributed by atoms with E-state index in [4.69, 9.17) is 28.9 Å². The molecule has 1 aromatic carbocycles. The zero-order chi connectivity index (χ0) is 12.8. The van der Waals surface area contributed by atoms with Gasteiger partial charge in [-0.1, -0.05) is 29.3 Å². The second-order valence-electron chi connectivity index (χ2n) is 3.11. The highest BCUT2D eigenvalue weighted by Crippen LogP contribution is 2.27. The number of rotatable bonds is 4. The number of hydrogen-bond acceptors (Lipinski definition) is 3. The Labute approximate surface area is 113 Å². The molecule has 0 aromatic heterocycles. The Balaban J connectivity index is 2.46. The Hall–Kier alpha value is -0.910. The predicted octanol–water partition coefficient (Wildman–Crippen LogP) is 2.42. The summed E-state index contributed by atoms with van der Waals surface area (Å²) in [5.41, 5.74) is 5.57. The minimum absolute atomic E-state index is 0.116. The molecule has 0 saturated carbocycles. The number of hydrogen-bond donors (Lipinski definition) is 2. The molecule has 0 aliphatic carbocycles. The predicted molar refractivity (Wildman–Crippen MR) is 70.4 cm³/mol. The maximum absolute atomic E-state index is 11.1. The van der Waals surface area contributed by atoms with Gasteiger partial charge >= 0.3 is 6.03 Å². The first-order valence-electron chi connectivity index (χ1n) is 4.60. The van der Waals surface area contributed by atoms with Crippen LogP contribution in [-0.2, 0) is 10.5 Å². The first-order valence-corrected chi connectivity index (χ1v) is 6.51. The van der Waals surface area contributed by atoms with Gasteiger partial charge in [0.1, 0.15) is 0 Å². The summed E-state index contributed by atoms with van der Waals surface area (Å²) in [7, 11) is 0. The van der Waals surface area contributed by atoms with E-state index in [2.05, 4.69) is 0 Å². The van der Waals surface area contributed by atoms with E-state index in [0.29, 0.717) is 15.8 Å². The molecule has 1 rings (SSSR count). The second-order valence-corrected chi connectivity index (χ2v) is 4.91. The first kappa shape index (κ1) is 14.2. The summed E-state index contributed by atoms with van der Waals surface area (Å²) >= 11 is 13.2. The third-order valence-corrected chi connectivity index (χ3v) is 3.47. The summed E-state index contributed by atoms with van der Waals surface area (Å²) in [4.78, 5) is 21.5. The second kappa shape index (κ2) is 6.74. The molecular formula is C10H10Cl2N2O2S. The molecule has 0 bridgehead atoms. The molecule has 3 amide bonds. The van der Waals surface area contributed by atoms with Crippen LogP contribution in [0.15, 0.2) is 18.2 Å². The number of carbonyl (C=O) groups excluding carboxylic acids is 2. The molecule has 0 atom stereocenters. The van der Waals surface area contributed by atoms with Crippen molar-refractivity contribution in [3.8, 4) is 0 Å². The summed E-state index contributed by atoms with van der Waals surface area (Å²) in [5, 5.41) is 3.08. The van der Waals surface area contributed by atoms with Crippen molar-refractivity contribution in [3.63, 3.8) is 0 Å². The Morgan fingerprint density at radius 3 is 2.41 bits per heavy atom. The van der Waals surface area contributed by atoms with Crippen LogP contribution in [0.25, 0.3) is 0 Å². The Morgan fingerprint density at radius 2 is 1.88 bits per heavy atom. The number of primary amides is 1. The molecule has 0 spiro atoms. The van der Waals surface area contributed by atoms with E-state index in [1.807, 2.05) is 5.32 Å². The molecule has 0 radical (unpaired) electrons. The molecule has 1 aromatic rings. The molecule has 0 aliphatic heterocycles. The fourth-order valence-corrected chi connectivity index (χ4v) is 2.65. The molecule has 0 fully saturated rings. The van der Waals surface area contributed by atoms with Crippen LogP contribution in [0.3, 0.4) is 0 Å². The van der Waals surface area contributed by atoms with Gasteiger partial charge < -0.3 is 5.73 Å². The van der Waals surface area contributed by atoms with E-state index in [0.717, 1.165) is 5.56 Å². The number of urea groups is 1. The van der Waals surface area contributed by atoms with Crippen LogP contribution >= 0.6 is 35.0 Å². The Bertz CT molecular complexity index is 420. The van der Waals surface area contributed by atoms with E-state index in [9.17, 15) is 9.59 Å². The molecular weight excluding hydrogens is 283 g/mol. The molecule has 0 aliphatic rings. The third kappa shape index (κ3) is 4.85. The van der Waals surface area contributed by atoms with Crippen molar-refractivity contribution in [2.75, 3.05) is 5.75 Å². The normalized spacial score (nSPS) is 10.0. The number of carbonyl (C=O) groups is 2. The van der Waals surface area contributed by atoms with Gasteiger partial charge in [-0.3, -0.25) is 10.1 Å². The lowest BCUT2D eigenvalue weighted by molar-refractivity contribution is -0.117. The van der Waals surface area contributed by atoms with Gasteiger partial charge in [0.15, 0.2) is 0 Å². The fraction of sp³-hybridized carbons (Fsp3) is 0.200. The molecule has 7 heteroatoms. The van der Waals surface area contributed by atoms with E-state index >= 15 is 0 Å². The Morgan fingerprint density at radius 1 is 1.29 bits per heavy atom. The Kier molecular flexibility index (Phi) is 5.61.